The molecule has 4 nitrogen and oxygen atoms in total. The number of amides is 1. The molecule has 1 N–H and O–H groups in total. The van der Waals surface area contributed by atoms with Crippen molar-refractivity contribution in [3.8, 4) is 0 Å². The Morgan fingerprint density at radius 1 is 1.23 bits per heavy atom. The zero-order valence-electron chi connectivity index (χ0n) is 15.7. The Hall–Kier alpha value is -0.810. The lowest BCUT2D eigenvalue weighted by molar-refractivity contribution is -0.138. The van der Waals surface area contributed by atoms with Gasteiger partial charge in [0.15, 0.2) is 0 Å². The predicted octanol–water partition coefficient (Wildman–Crippen LogP) is 3.34. The third-order valence-electron chi connectivity index (χ3n) is 5.33. The zero-order chi connectivity index (χ0) is 16.8. The Morgan fingerprint density at radius 3 is 2.65 bits per heavy atom. The first-order valence-electron chi connectivity index (χ1n) is 9.55. The highest BCUT2D eigenvalue weighted by Gasteiger charge is 2.33. The lowest BCUT2D eigenvalue weighted by Gasteiger charge is -2.40. The summed E-state index contributed by atoms with van der Waals surface area (Å²) in [4.78, 5) is 17.7. The summed E-state index contributed by atoms with van der Waals surface area (Å²) in [5, 5.41) is 3.34. The monoisotopic (exact) mass is 401 g/mol. The van der Waals surface area contributed by atoms with Crippen molar-refractivity contribution in [1.82, 2.24) is 15.1 Å². The average Bonchev–Trinajstić information content (AvgIpc) is 3.15. The Bertz CT molecular complexity index is 523. The van der Waals surface area contributed by atoms with Gasteiger partial charge in [0, 0.05) is 32.2 Å². The lowest BCUT2D eigenvalue weighted by atomic mass is 9.99. The number of carbonyl (C=O) groups excluding carboxylic acids is 1. The molecule has 2 aliphatic rings. The van der Waals surface area contributed by atoms with Crippen LogP contribution in [0.3, 0.4) is 0 Å². The number of likely N-dealkylation sites (tertiary alicyclic amines) is 1. The molecule has 2 fully saturated rings. The maximum Gasteiger partial charge on any atom is 0.227 e. The SMILES string of the molecule is CCCN(C(=O)C1CCNC1)C1CCCN(Cc2ccccc2)C1.Cl.Cl. The Balaban J connectivity index is 0.00000169. The summed E-state index contributed by atoms with van der Waals surface area (Å²) in [6, 6.07) is 11.1. The number of rotatable bonds is 6. The first-order valence-corrected chi connectivity index (χ1v) is 9.55. The van der Waals surface area contributed by atoms with Crippen molar-refractivity contribution < 1.29 is 4.79 Å². The number of halogens is 2. The summed E-state index contributed by atoms with van der Waals surface area (Å²) in [5.74, 6) is 0.578. The molecule has 2 heterocycles. The third kappa shape index (κ3) is 6.12. The number of piperidine rings is 1. The van der Waals surface area contributed by atoms with Crippen LogP contribution in [-0.2, 0) is 11.3 Å². The van der Waals surface area contributed by atoms with Gasteiger partial charge in [-0.05, 0) is 44.3 Å². The van der Waals surface area contributed by atoms with E-state index in [1.165, 1.54) is 12.0 Å². The van der Waals surface area contributed by atoms with Crippen LogP contribution in [-0.4, -0.2) is 54.5 Å². The lowest BCUT2D eigenvalue weighted by Crippen LogP contribution is -2.52. The number of hydrogen-bond acceptors (Lipinski definition) is 3. The van der Waals surface area contributed by atoms with Crippen molar-refractivity contribution in [2.24, 2.45) is 5.92 Å². The van der Waals surface area contributed by atoms with Crippen molar-refractivity contribution in [2.45, 2.75) is 45.2 Å². The first-order chi connectivity index (χ1) is 11.8. The first kappa shape index (κ1) is 23.2. The molecule has 6 heteroatoms. The van der Waals surface area contributed by atoms with Gasteiger partial charge in [0.2, 0.25) is 5.91 Å². The van der Waals surface area contributed by atoms with Crippen LogP contribution in [0.15, 0.2) is 30.3 Å². The van der Waals surface area contributed by atoms with Gasteiger partial charge in [0.25, 0.3) is 0 Å². The summed E-state index contributed by atoms with van der Waals surface area (Å²) in [6.07, 6.45) is 4.38. The fraction of sp³-hybridized carbons (Fsp3) is 0.650. The van der Waals surface area contributed by atoms with E-state index in [0.717, 1.165) is 58.5 Å². The molecule has 1 amide bonds. The minimum Gasteiger partial charge on any atom is -0.338 e. The van der Waals surface area contributed by atoms with E-state index < -0.39 is 0 Å². The van der Waals surface area contributed by atoms with E-state index in [-0.39, 0.29) is 30.7 Å². The van der Waals surface area contributed by atoms with Crippen LogP contribution < -0.4 is 5.32 Å². The number of hydrogen-bond donors (Lipinski definition) is 1. The van der Waals surface area contributed by atoms with Gasteiger partial charge in [-0.25, -0.2) is 0 Å². The van der Waals surface area contributed by atoms with Crippen LogP contribution in [0.1, 0.15) is 38.2 Å². The quantitative estimate of drug-likeness (QED) is 0.793. The normalized spacial score (nSPS) is 23.0. The van der Waals surface area contributed by atoms with Gasteiger partial charge < -0.3 is 10.2 Å². The summed E-state index contributed by atoms with van der Waals surface area (Å²) >= 11 is 0. The average molecular weight is 402 g/mol. The van der Waals surface area contributed by atoms with E-state index >= 15 is 0 Å². The highest BCUT2D eigenvalue weighted by molar-refractivity contribution is 5.85. The van der Waals surface area contributed by atoms with Crippen molar-refractivity contribution in [2.75, 3.05) is 32.7 Å². The highest BCUT2D eigenvalue weighted by atomic mass is 35.5. The summed E-state index contributed by atoms with van der Waals surface area (Å²) in [5.41, 5.74) is 1.37. The molecular weight excluding hydrogens is 369 g/mol. The van der Waals surface area contributed by atoms with E-state index in [2.05, 4.69) is 52.4 Å². The fourth-order valence-electron chi connectivity index (χ4n) is 4.08. The van der Waals surface area contributed by atoms with Crippen LogP contribution in [0.25, 0.3) is 0 Å². The second kappa shape index (κ2) is 11.8. The number of nitrogens with zero attached hydrogens (tertiary/aromatic N) is 2. The highest BCUT2D eigenvalue weighted by Crippen LogP contribution is 2.22. The van der Waals surface area contributed by atoms with Gasteiger partial charge in [0.05, 0.1) is 5.92 Å². The largest absolute Gasteiger partial charge is 0.338 e. The molecule has 26 heavy (non-hydrogen) atoms. The van der Waals surface area contributed by atoms with Crippen molar-refractivity contribution in [1.29, 1.82) is 0 Å². The Kier molecular flexibility index (Phi) is 10.6. The van der Waals surface area contributed by atoms with Crippen LogP contribution in [0.2, 0.25) is 0 Å². The number of nitrogens with one attached hydrogen (secondary N) is 1. The van der Waals surface area contributed by atoms with E-state index in [4.69, 9.17) is 0 Å². The molecule has 2 saturated heterocycles. The minimum atomic E-state index is 0. The minimum absolute atomic E-state index is 0. The van der Waals surface area contributed by atoms with Gasteiger partial charge in [-0.3, -0.25) is 9.69 Å². The van der Waals surface area contributed by atoms with Gasteiger partial charge in [-0.1, -0.05) is 37.3 Å². The van der Waals surface area contributed by atoms with Crippen molar-refractivity contribution in [3.63, 3.8) is 0 Å². The molecule has 2 unspecified atom stereocenters. The number of benzene rings is 1. The second-order valence-electron chi connectivity index (χ2n) is 7.24. The molecule has 2 atom stereocenters. The Morgan fingerprint density at radius 2 is 2.00 bits per heavy atom. The summed E-state index contributed by atoms with van der Waals surface area (Å²) in [6.45, 7) is 8.08. The topological polar surface area (TPSA) is 35.6 Å². The van der Waals surface area contributed by atoms with Crippen LogP contribution >= 0.6 is 24.8 Å². The van der Waals surface area contributed by atoms with E-state index in [1.807, 2.05) is 0 Å². The molecule has 0 spiro atoms. The molecule has 1 aromatic carbocycles. The van der Waals surface area contributed by atoms with Gasteiger partial charge >= 0.3 is 0 Å². The standard InChI is InChI=1S/C20H31N3O.2ClH/c1-2-12-23(20(24)18-10-11-21-14-18)19-9-6-13-22(16-19)15-17-7-4-3-5-8-17;;/h3-5,7-8,18-19,21H,2,6,9-16H2,1H3;2*1H. The van der Waals surface area contributed by atoms with E-state index in [0.29, 0.717) is 11.9 Å². The zero-order valence-corrected chi connectivity index (χ0v) is 17.4. The molecular formula is C20H33Cl2N3O. The van der Waals surface area contributed by atoms with Gasteiger partial charge in [-0.15, -0.1) is 24.8 Å². The number of carbonyl (C=O) groups is 1. The third-order valence-corrected chi connectivity index (χ3v) is 5.33. The van der Waals surface area contributed by atoms with Crippen LogP contribution in [0.5, 0.6) is 0 Å². The predicted molar refractivity (Wildman–Crippen MR) is 112 cm³/mol. The molecule has 2 aliphatic heterocycles. The van der Waals surface area contributed by atoms with Crippen molar-refractivity contribution >= 4 is 30.7 Å². The maximum atomic E-state index is 13.0. The van der Waals surface area contributed by atoms with Gasteiger partial charge in [0.1, 0.15) is 0 Å². The fourth-order valence-corrected chi connectivity index (χ4v) is 4.08. The summed E-state index contributed by atoms with van der Waals surface area (Å²) < 4.78 is 0. The Labute approximate surface area is 170 Å². The maximum absolute atomic E-state index is 13.0. The molecule has 1 aromatic rings. The smallest absolute Gasteiger partial charge is 0.227 e. The summed E-state index contributed by atoms with van der Waals surface area (Å²) in [7, 11) is 0. The molecule has 0 saturated carbocycles. The molecule has 0 aliphatic carbocycles. The van der Waals surface area contributed by atoms with E-state index in [9.17, 15) is 4.79 Å². The van der Waals surface area contributed by atoms with Crippen molar-refractivity contribution in [3.05, 3.63) is 35.9 Å². The van der Waals surface area contributed by atoms with Crippen LogP contribution in [0.4, 0.5) is 0 Å². The molecule has 0 radical (unpaired) electrons. The molecule has 0 aromatic heterocycles. The molecule has 3 rings (SSSR count). The molecule has 0 bridgehead atoms. The van der Waals surface area contributed by atoms with E-state index in [1.54, 1.807) is 0 Å². The second-order valence-corrected chi connectivity index (χ2v) is 7.24. The molecule has 148 valence electrons. The van der Waals surface area contributed by atoms with Gasteiger partial charge in [-0.2, -0.15) is 0 Å². The van der Waals surface area contributed by atoms with Crippen LogP contribution in [0, 0.1) is 5.92 Å².